The molecule has 0 atom stereocenters. The topological polar surface area (TPSA) is 81.4 Å². The standard InChI is InChI=1S/C12H18N2O4/c1-8-7-10(18-14-8)13-9(15)5-6-11(16)17-12(2,3)4/h7H,5-6H2,1-4H3,(H,13,15). The van der Waals surface area contributed by atoms with Crippen molar-refractivity contribution in [3.05, 3.63) is 11.8 Å². The number of carbonyl (C=O) groups is 2. The molecule has 0 saturated heterocycles. The fourth-order valence-electron chi connectivity index (χ4n) is 1.23. The number of carbonyl (C=O) groups excluding carboxylic acids is 2. The second kappa shape index (κ2) is 5.66. The highest BCUT2D eigenvalue weighted by Crippen LogP contribution is 2.11. The molecule has 1 aromatic rings. The van der Waals surface area contributed by atoms with Crippen molar-refractivity contribution in [1.82, 2.24) is 5.16 Å². The fourth-order valence-corrected chi connectivity index (χ4v) is 1.23. The fraction of sp³-hybridized carbons (Fsp3) is 0.583. The zero-order chi connectivity index (χ0) is 13.8. The van der Waals surface area contributed by atoms with Gasteiger partial charge in [-0.1, -0.05) is 5.16 Å². The first-order chi connectivity index (χ1) is 8.26. The average Bonchev–Trinajstić information content (AvgIpc) is 2.58. The van der Waals surface area contributed by atoms with Crippen molar-refractivity contribution in [2.24, 2.45) is 0 Å². The van der Waals surface area contributed by atoms with Gasteiger partial charge in [0, 0.05) is 12.5 Å². The molecule has 0 aromatic carbocycles. The third-order valence-corrected chi connectivity index (χ3v) is 1.87. The predicted octanol–water partition coefficient (Wildman–Crippen LogP) is 2.04. The molecule has 1 amide bonds. The van der Waals surface area contributed by atoms with E-state index < -0.39 is 11.6 Å². The zero-order valence-corrected chi connectivity index (χ0v) is 11.1. The van der Waals surface area contributed by atoms with E-state index in [1.54, 1.807) is 33.8 Å². The summed E-state index contributed by atoms with van der Waals surface area (Å²) >= 11 is 0. The van der Waals surface area contributed by atoms with Crippen LogP contribution in [0.1, 0.15) is 39.3 Å². The molecule has 1 heterocycles. The highest BCUT2D eigenvalue weighted by atomic mass is 16.6. The summed E-state index contributed by atoms with van der Waals surface area (Å²) in [5.74, 6) is -0.426. The van der Waals surface area contributed by atoms with E-state index in [-0.39, 0.29) is 24.6 Å². The van der Waals surface area contributed by atoms with Crippen LogP contribution >= 0.6 is 0 Å². The lowest BCUT2D eigenvalue weighted by atomic mass is 10.2. The third kappa shape index (κ3) is 5.47. The number of hydrogen-bond acceptors (Lipinski definition) is 5. The number of rotatable bonds is 4. The van der Waals surface area contributed by atoms with Crippen molar-refractivity contribution in [3.8, 4) is 0 Å². The minimum absolute atomic E-state index is 0.0379. The number of anilines is 1. The van der Waals surface area contributed by atoms with Crippen molar-refractivity contribution in [1.29, 1.82) is 0 Å². The number of ether oxygens (including phenoxy) is 1. The molecule has 0 bridgehead atoms. The average molecular weight is 254 g/mol. The molecule has 0 aliphatic carbocycles. The Hall–Kier alpha value is -1.85. The summed E-state index contributed by atoms with van der Waals surface area (Å²) in [6.07, 6.45) is 0.0882. The number of aromatic nitrogens is 1. The normalized spacial score (nSPS) is 11.1. The smallest absolute Gasteiger partial charge is 0.306 e. The predicted molar refractivity (Wildman–Crippen MR) is 64.9 cm³/mol. The minimum Gasteiger partial charge on any atom is -0.460 e. The van der Waals surface area contributed by atoms with Crippen molar-refractivity contribution >= 4 is 17.8 Å². The lowest BCUT2D eigenvalue weighted by Crippen LogP contribution is -2.24. The maximum Gasteiger partial charge on any atom is 0.306 e. The van der Waals surface area contributed by atoms with Gasteiger partial charge >= 0.3 is 5.97 Å². The summed E-state index contributed by atoms with van der Waals surface area (Å²) in [6.45, 7) is 7.09. The molecule has 100 valence electrons. The van der Waals surface area contributed by atoms with E-state index in [1.165, 1.54) is 0 Å². The van der Waals surface area contributed by atoms with Crippen LogP contribution < -0.4 is 5.32 Å². The monoisotopic (exact) mass is 254 g/mol. The first-order valence-electron chi connectivity index (χ1n) is 5.71. The van der Waals surface area contributed by atoms with Crippen LogP contribution in [0.4, 0.5) is 5.88 Å². The number of hydrogen-bond donors (Lipinski definition) is 1. The second-order valence-corrected chi connectivity index (χ2v) is 4.97. The molecule has 1 N–H and O–H groups in total. The number of aryl methyl sites for hydroxylation is 1. The van der Waals surface area contributed by atoms with Crippen molar-refractivity contribution < 1.29 is 18.8 Å². The second-order valence-electron chi connectivity index (χ2n) is 4.97. The zero-order valence-electron chi connectivity index (χ0n) is 11.1. The molecular formula is C12H18N2O4. The SMILES string of the molecule is Cc1cc(NC(=O)CCC(=O)OC(C)(C)C)on1. The Labute approximate surface area is 106 Å². The Morgan fingerprint density at radius 1 is 1.39 bits per heavy atom. The Morgan fingerprint density at radius 2 is 2.06 bits per heavy atom. The van der Waals surface area contributed by atoms with Gasteiger partial charge in [0.05, 0.1) is 12.1 Å². The molecule has 6 nitrogen and oxygen atoms in total. The van der Waals surface area contributed by atoms with E-state index in [0.29, 0.717) is 5.69 Å². The van der Waals surface area contributed by atoms with Crippen LogP contribution in [0.15, 0.2) is 10.6 Å². The van der Waals surface area contributed by atoms with Gasteiger partial charge in [-0.25, -0.2) is 0 Å². The molecule has 0 radical (unpaired) electrons. The van der Waals surface area contributed by atoms with Gasteiger partial charge in [0.15, 0.2) is 0 Å². The lowest BCUT2D eigenvalue weighted by molar-refractivity contribution is -0.155. The molecule has 0 aliphatic heterocycles. The maximum absolute atomic E-state index is 11.5. The summed E-state index contributed by atoms with van der Waals surface area (Å²) in [7, 11) is 0. The van der Waals surface area contributed by atoms with Crippen LogP contribution in [0.25, 0.3) is 0 Å². The van der Waals surface area contributed by atoms with E-state index in [1.807, 2.05) is 0 Å². The third-order valence-electron chi connectivity index (χ3n) is 1.87. The van der Waals surface area contributed by atoms with Crippen LogP contribution in [-0.2, 0) is 14.3 Å². The van der Waals surface area contributed by atoms with Gasteiger partial charge in [-0.3, -0.25) is 14.9 Å². The summed E-state index contributed by atoms with van der Waals surface area (Å²) in [4.78, 5) is 22.9. The summed E-state index contributed by atoms with van der Waals surface area (Å²) in [5.41, 5.74) is 0.146. The molecule has 1 aromatic heterocycles. The van der Waals surface area contributed by atoms with Crippen molar-refractivity contribution in [2.75, 3.05) is 5.32 Å². The van der Waals surface area contributed by atoms with Gasteiger partial charge in [-0.15, -0.1) is 0 Å². The highest BCUT2D eigenvalue weighted by molar-refractivity contribution is 5.91. The molecule has 1 rings (SSSR count). The Morgan fingerprint density at radius 3 is 2.56 bits per heavy atom. The van der Waals surface area contributed by atoms with Gasteiger partial charge in [0.2, 0.25) is 11.8 Å². The van der Waals surface area contributed by atoms with Gasteiger partial charge in [0.25, 0.3) is 0 Å². The lowest BCUT2D eigenvalue weighted by Gasteiger charge is -2.19. The van der Waals surface area contributed by atoms with Gasteiger partial charge < -0.3 is 9.26 Å². The molecular weight excluding hydrogens is 236 g/mol. The van der Waals surface area contributed by atoms with Crippen LogP contribution in [0, 0.1) is 6.92 Å². The van der Waals surface area contributed by atoms with Crippen LogP contribution in [-0.4, -0.2) is 22.6 Å². The van der Waals surface area contributed by atoms with E-state index >= 15 is 0 Å². The van der Waals surface area contributed by atoms with E-state index in [4.69, 9.17) is 9.26 Å². The number of nitrogens with zero attached hydrogens (tertiary/aromatic N) is 1. The summed E-state index contributed by atoms with van der Waals surface area (Å²) < 4.78 is 9.91. The van der Waals surface area contributed by atoms with Crippen LogP contribution in [0.2, 0.25) is 0 Å². The van der Waals surface area contributed by atoms with Crippen molar-refractivity contribution in [2.45, 2.75) is 46.1 Å². The number of amides is 1. The highest BCUT2D eigenvalue weighted by Gasteiger charge is 2.17. The quantitative estimate of drug-likeness (QED) is 0.831. The maximum atomic E-state index is 11.5. The Balaban J connectivity index is 2.31. The molecule has 0 spiro atoms. The van der Waals surface area contributed by atoms with E-state index in [9.17, 15) is 9.59 Å². The number of nitrogens with one attached hydrogen (secondary N) is 1. The minimum atomic E-state index is -0.532. The first kappa shape index (κ1) is 14.2. The molecule has 0 unspecified atom stereocenters. The molecule has 0 fully saturated rings. The van der Waals surface area contributed by atoms with Crippen molar-refractivity contribution in [3.63, 3.8) is 0 Å². The first-order valence-corrected chi connectivity index (χ1v) is 5.71. The molecule has 0 saturated carbocycles. The van der Waals surface area contributed by atoms with Gasteiger partial charge in [-0.05, 0) is 27.7 Å². The summed E-state index contributed by atoms with van der Waals surface area (Å²) in [5, 5.41) is 6.14. The Bertz CT molecular complexity index is 432. The number of esters is 1. The van der Waals surface area contributed by atoms with E-state index in [0.717, 1.165) is 0 Å². The van der Waals surface area contributed by atoms with Crippen LogP contribution in [0.3, 0.4) is 0 Å². The largest absolute Gasteiger partial charge is 0.460 e. The van der Waals surface area contributed by atoms with E-state index in [2.05, 4.69) is 10.5 Å². The molecule has 6 heteroatoms. The molecule has 0 aliphatic rings. The van der Waals surface area contributed by atoms with Crippen LogP contribution in [0.5, 0.6) is 0 Å². The Kier molecular flexibility index (Phi) is 4.47. The van der Waals surface area contributed by atoms with Gasteiger partial charge in [0.1, 0.15) is 5.60 Å². The van der Waals surface area contributed by atoms with Gasteiger partial charge in [-0.2, -0.15) is 0 Å². The summed E-state index contributed by atoms with van der Waals surface area (Å²) in [6, 6.07) is 1.60. The molecule has 18 heavy (non-hydrogen) atoms.